The predicted molar refractivity (Wildman–Crippen MR) is 73.2 cm³/mol. The first-order chi connectivity index (χ1) is 9.38. The highest BCUT2D eigenvalue weighted by molar-refractivity contribution is 7.99. The van der Waals surface area contributed by atoms with E-state index >= 15 is 0 Å². The van der Waals surface area contributed by atoms with E-state index < -0.39 is 32.2 Å². The van der Waals surface area contributed by atoms with Crippen LogP contribution in [0.4, 0.5) is 8.78 Å². The summed E-state index contributed by atoms with van der Waals surface area (Å²) in [7, 11) is -2.59. The van der Waals surface area contributed by atoms with Crippen LogP contribution in [0.15, 0.2) is 23.1 Å². The minimum atomic E-state index is -4.10. The van der Waals surface area contributed by atoms with Gasteiger partial charge in [-0.1, -0.05) is 0 Å². The molecule has 0 saturated carbocycles. The van der Waals surface area contributed by atoms with Crippen LogP contribution in [0.5, 0.6) is 0 Å². The molecule has 0 bridgehead atoms. The van der Waals surface area contributed by atoms with Gasteiger partial charge in [-0.25, -0.2) is 21.9 Å². The van der Waals surface area contributed by atoms with Crippen molar-refractivity contribution in [2.75, 3.05) is 25.2 Å². The highest BCUT2D eigenvalue weighted by atomic mass is 32.2. The van der Waals surface area contributed by atoms with Gasteiger partial charge in [0, 0.05) is 19.4 Å². The smallest absolute Gasteiger partial charge is 0.243 e. The molecule has 1 atom stereocenters. The van der Waals surface area contributed by atoms with E-state index in [0.717, 1.165) is 17.9 Å². The molecule has 1 unspecified atom stereocenters. The van der Waals surface area contributed by atoms with E-state index in [-0.39, 0.29) is 6.54 Å². The van der Waals surface area contributed by atoms with Crippen LogP contribution in [-0.2, 0) is 14.8 Å². The van der Waals surface area contributed by atoms with Crippen molar-refractivity contribution >= 4 is 21.8 Å². The van der Waals surface area contributed by atoms with Crippen molar-refractivity contribution < 1.29 is 21.9 Å². The molecule has 0 spiro atoms. The molecule has 2 rings (SSSR count). The molecule has 1 heterocycles. The first kappa shape index (κ1) is 15.7. The lowest BCUT2D eigenvalue weighted by atomic mass is 10.0. The minimum absolute atomic E-state index is 0.0365. The molecular formula is C12H15F2NO3S2. The number of nitrogens with one attached hydrogen (secondary N) is 1. The van der Waals surface area contributed by atoms with Crippen molar-refractivity contribution in [1.29, 1.82) is 0 Å². The van der Waals surface area contributed by atoms with Crippen LogP contribution in [-0.4, -0.2) is 39.2 Å². The number of thioether (sulfide) groups is 1. The van der Waals surface area contributed by atoms with Crippen LogP contribution in [0, 0.1) is 11.6 Å². The Bertz CT molecular complexity index is 586. The van der Waals surface area contributed by atoms with Gasteiger partial charge in [0.15, 0.2) is 0 Å². The molecule has 1 N–H and O–H groups in total. The Morgan fingerprint density at radius 1 is 1.45 bits per heavy atom. The van der Waals surface area contributed by atoms with Gasteiger partial charge < -0.3 is 4.74 Å². The summed E-state index contributed by atoms with van der Waals surface area (Å²) in [6.07, 6.45) is 0.711. The lowest BCUT2D eigenvalue weighted by Crippen LogP contribution is -2.44. The van der Waals surface area contributed by atoms with Crippen LogP contribution < -0.4 is 4.72 Å². The largest absolute Gasteiger partial charge is 0.376 e. The Hall–Kier alpha value is -0.700. The minimum Gasteiger partial charge on any atom is -0.376 e. The number of benzene rings is 1. The van der Waals surface area contributed by atoms with Crippen molar-refractivity contribution in [3.63, 3.8) is 0 Å². The molecule has 0 aromatic heterocycles. The summed E-state index contributed by atoms with van der Waals surface area (Å²) in [5, 5.41) is 0. The zero-order valence-corrected chi connectivity index (χ0v) is 12.5. The molecule has 1 aromatic rings. The number of hydrogen-bond donors (Lipinski definition) is 1. The summed E-state index contributed by atoms with van der Waals surface area (Å²) in [6.45, 7) is 0.0365. The highest BCUT2D eigenvalue weighted by Crippen LogP contribution is 2.30. The second-order valence-electron chi connectivity index (χ2n) is 4.59. The van der Waals surface area contributed by atoms with Gasteiger partial charge in [0.25, 0.3) is 0 Å². The van der Waals surface area contributed by atoms with Crippen LogP contribution in [0.2, 0.25) is 0 Å². The molecule has 8 heteroatoms. The predicted octanol–water partition coefficient (Wildman–Crippen LogP) is 1.77. The summed E-state index contributed by atoms with van der Waals surface area (Å²) in [5.74, 6) is -0.238. The van der Waals surface area contributed by atoms with E-state index in [9.17, 15) is 17.2 Å². The van der Waals surface area contributed by atoms with Crippen LogP contribution in [0.25, 0.3) is 0 Å². The molecule has 1 saturated heterocycles. The third-order valence-electron chi connectivity index (χ3n) is 3.27. The zero-order valence-electron chi connectivity index (χ0n) is 10.9. The number of sulfonamides is 1. The Morgan fingerprint density at radius 2 is 2.20 bits per heavy atom. The van der Waals surface area contributed by atoms with Gasteiger partial charge in [0.05, 0.1) is 5.60 Å². The summed E-state index contributed by atoms with van der Waals surface area (Å²) >= 11 is 1.66. The van der Waals surface area contributed by atoms with Gasteiger partial charge in [-0.05, 0) is 30.4 Å². The average molecular weight is 323 g/mol. The molecule has 0 radical (unpaired) electrons. The molecule has 0 amide bonds. The van der Waals surface area contributed by atoms with Crippen molar-refractivity contribution in [1.82, 2.24) is 4.72 Å². The molecule has 1 fully saturated rings. The van der Waals surface area contributed by atoms with Gasteiger partial charge in [-0.3, -0.25) is 0 Å². The second kappa shape index (κ2) is 5.97. The maximum Gasteiger partial charge on any atom is 0.243 e. The van der Waals surface area contributed by atoms with E-state index in [2.05, 4.69) is 4.72 Å². The van der Waals surface area contributed by atoms with Crippen molar-refractivity contribution in [2.24, 2.45) is 0 Å². The van der Waals surface area contributed by atoms with E-state index in [1.807, 2.05) is 0 Å². The molecule has 1 aliphatic heterocycles. The van der Waals surface area contributed by atoms with Crippen LogP contribution in [0.1, 0.15) is 6.42 Å². The first-order valence-electron chi connectivity index (χ1n) is 5.96. The van der Waals surface area contributed by atoms with Gasteiger partial charge in [-0.15, -0.1) is 0 Å². The topological polar surface area (TPSA) is 55.4 Å². The van der Waals surface area contributed by atoms with Crippen LogP contribution >= 0.6 is 11.8 Å². The quantitative estimate of drug-likeness (QED) is 0.897. The van der Waals surface area contributed by atoms with Gasteiger partial charge in [-0.2, -0.15) is 11.8 Å². The lowest BCUT2D eigenvalue weighted by Gasteiger charge is -2.26. The SMILES string of the molecule is COC1(CNS(=O)(=O)c2cc(F)ccc2F)CCSC1. The fourth-order valence-corrected chi connectivity index (χ4v) is 4.55. The van der Waals surface area contributed by atoms with E-state index in [1.165, 1.54) is 7.11 Å². The molecule has 1 aliphatic rings. The zero-order chi connectivity index (χ0) is 14.8. The maximum atomic E-state index is 13.5. The van der Waals surface area contributed by atoms with Crippen molar-refractivity contribution in [2.45, 2.75) is 16.9 Å². The molecule has 1 aromatic carbocycles. The molecule has 4 nitrogen and oxygen atoms in total. The van der Waals surface area contributed by atoms with Crippen LogP contribution in [0.3, 0.4) is 0 Å². The number of hydrogen-bond acceptors (Lipinski definition) is 4. The van der Waals surface area contributed by atoms with Gasteiger partial charge in [0.2, 0.25) is 10.0 Å². The molecule has 112 valence electrons. The third-order valence-corrected chi connectivity index (χ3v) is 5.91. The fourth-order valence-electron chi connectivity index (χ4n) is 1.95. The second-order valence-corrected chi connectivity index (χ2v) is 7.43. The number of halogens is 2. The van der Waals surface area contributed by atoms with Gasteiger partial charge >= 0.3 is 0 Å². The molecule has 20 heavy (non-hydrogen) atoms. The summed E-state index contributed by atoms with van der Waals surface area (Å²) in [6, 6.07) is 2.33. The third kappa shape index (κ3) is 3.30. The monoisotopic (exact) mass is 323 g/mol. The Labute approximate surface area is 120 Å². The summed E-state index contributed by atoms with van der Waals surface area (Å²) in [5.41, 5.74) is -0.582. The van der Waals surface area contributed by atoms with E-state index in [1.54, 1.807) is 11.8 Å². The maximum absolute atomic E-state index is 13.5. The average Bonchev–Trinajstić information content (AvgIpc) is 2.89. The van der Waals surface area contributed by atoms with Crippen molar-refractivity contribution in [3.05, 3.63) is 29.8 Å². The highest BCUT2D eigenvalue weighted by Gasteiger charge is 2.36. The Balaban J connectivity index is 2.17. The normalized spacial score (nSPS) is 23.1. The number of methoxy groups -OCH3 is 1. The van der Waals surface area contributed by atoms with Crippen molar-refractivity contribution in [3.8, 4) is 0 Å². The van der Waals surface area contributed by atoms with E-state index in [0.29, 0.717) is 18.2 Å². The standard InChI is InChI=1S/C12H15F2NO3S2/c1-18-12(4-5-19-8-12)7-15-20(16,17)11-6-9(13)2-3-10(11)14/h2-3,6,15H,4-5,7-8H2,1H3. The van der Waals surface area contributed by atoms with E-state index in [4.69, 9.17) is 4.74 Å². The Morgan fingerprint density at radius 3 is 2.80 bits per heavy atom. The summed E-state index contributed by atoms with van der Waals surface area (Å²) < 4.78 is 58.3. The number of rotatable bonds is 5. The van der Waals surface area contributed by atoms with Gasteiger partial charge in [0.1, 0.15) is 16.5 Å². The lowest BCUT2D eigenvalue weighted by molar-refractivity contribution is 0.0179. The first-order valence-corrected chi connectivity index (χ1v) is 8.60. The summed E-state index contributed by atoms with van der Waals surface area (Å²) in [4.78, 5) is -0.686. The number of ether oxygens (including phenoxy) is 1. The molecular weight excluding hydrogens is 308 g/mol. The molecule has 0 aliphatic carbocycles. The fraction of sp³-hybridized carbons (Fsp3) is 0.500. The Kier molecular flexibility index (Phi) is 4.68.